The Balaban J connectivity index is 0.000000902. The molecule has 3 heterocycles. The van der Waals surface area contributed by atoms with Gasteiger partial charge >= 0.3 is 0 Å². The molecular weight excluding hydrogens is 294 g/mol. The van der Waals surface area contributed by atoms with Crippen LogP contribution in [0.5, 0.6) is 0 Å². The molecule has 0 aliphatic carbocycles. The Labute approximate surface area is 122 Å². The third-order valence-electron chi connectivity index (χ3n) is 3.70. The molecule has 2 saturated heterocycles. The lowest BCUT2D eigenvalue weighted by Gasteiger charge is -2.18. The topological polar surface area (TPSA) is 61.0 Å². The molecule has 2 aliphatic heterocycles. The Kier molecular flexibility index (Phi) is 5.18. The minimum absolute atomic E-state index is 0. The third-order valence-corrected chi connectivity index (χ3v) is 3.70. The molecule has 1 aromatic rings. The number of aryl methyl sites for hydroxylation is 1. The Morgan fingerprint density at radius 1 is 1.26 bits per heavy atom. The van der Waals surface area contributed by atoms with E-state index in [4.69, 9.17) is 0 Å². The third kappa shape index (κ3) is 2.85. The van der Waals surface area contributed by atoms with E-state index in [-0.39, 0.29) is 30.5 Å². The Morgan fingerprint density at radius 3 is 2.37 bits per heavy atom. The lowest BCUT2D eigenvalue weighted by Crippen LogP contribution is -2.29. The summed E-state index contributed by atoms with van der Waals surface area (Å²) in [6.45, 7) is 5.32. The molecular formula is C11H17Cl2FN4O. The molecule has 3 rings (SSSR count). The molecule has 1 aromatic heterocycles. The van der Waals surface area contributed by atoms with E-state index in [0.29, 0.717) is 17.8 Å². The zero-order chi connectivity index (χ0) is 12.0. The number of fused-ring (bicyclic) bond motifs is 1. The standard InChI is InChI=1S/C11H15FN4O.2ClH/c1-6-9(12)10(17)15-11(14-6)16-4-7-2-13-3-8(7)5-16;;/h7-8,13H,2-5H2,1H3,(H,14,15,17);2*1H. The largest absolute Gasteiger partial charge is 0.342 e. The molecule has 2 N–H and O–H groups in total. The molecule has 5 nitrogen and oxygen atoms in total. The highest BCUT2D eigenvalue weighted by molar-refractivity contribution is 5.85. The zero-order valence-corrected chi connectivity index (χ0v) is 12.1. The highest BCUT2D eigenvalue weighted by Gasteiger charge is 2.37. The minimum atomic E-state index is -0.783. The van der Waals surface area contributed by atoms with E-state index >= 15 is 0 Å². The second-order valence-corrected chi connectivity index (χ2v) is 4.87. The number of nitrogens with one attached hydrogen (secondary N) is 2. The fourth-order valence-corrected chi connectivity index (χ4v) is 2.73. The summed E-state index contributed by atoms with van der Waals surface area (Å²) in [6, 6.07) is 0. The van der Waals surface area contributed by atoms with Gasteiger partial charge in [0, 0.05) is 26.2 Å². The van der Waals surface area contributed by atoms with Crippen LogP contribution in [0, 0.1) is 24.6 Å². The van der Waals surface area contributed by atoms with Gasteiger partial charge in [-0.2, -0.15) is 4.39 Å². The summed E-state index contributed by atoms with van der Waals surface area (Å²) in [5, 5.41) is 3.35. The lowest BCUT2D eigenvalue weighted by molar-refractivity contribution is 0.533. The number of rotatable bonds is 1. The molecule has 2 atom stereocenters. The number of aromatic amines is 1. The quantitative estimate of drug-likeness (QED) is 0.802. The average Bonchev–Trinajstić information content (AvgIpc) is 2.84. The van der Waals surface area contributed by atoms with Gasteiger partial charge in [-0.1, -0.05) is 0 Å². The van der Waals surface area contributed by atoms with Crippen LogP contribution >= 0.6 is 24.8 Å². The van der Waals surface area contributed by atoms with Crippen LogP contribution in [0.15, 0.2) is 4.79 Å². The number of halogens is 3. The van der Waals surface area contributed by atoms with Crippen molar-refractivity contribution in [2.75, 3.05) is 31.1 Å². The molecule has 2 aliphatic rings. The first kappa shape index (κ1) is 16.2. The van der Waals surface area contributed by atoms with Crippen molar-refractivity contribution in [2.45, 2.75) is 6.92 Å². The summed E-state index contributed by atoms with van der Waals surface area (Å²) in [7, 11) is 0. The van der Waals surface area contributed by atoms with Crippen molar-refractivity contribution in [3.05, 3.63) is 21.9 Å². The van der Waals surface area contributed by atoms with Crippen molar-refractivity contribution in [1.29, 1.82) is 0 Å². The maximum atomic E-state index is 13.2. The van der Waals surface area contributed by atoms with Gasteiger partial charge in [-0.05, 0) is 18.8 Å². The van der Waals surface area contributed by atoms with Gasteiger partial charge in [-0.15, -0.1) is 24.8 Å². The predicted octanol–water partition coefficient (Wildman–Crippen LogP) is 0.717. The first-order valence-electron chi connectivity index (χ1n) is 5.87. The number of H-pyrrole nitrogens is 1. The van der Waals surface area contributed by atoms with Gasteiger partial charge in [0.25, 0.3) is 5.56 Å². The second kappa shape index (κ2) is 6.07. The zero-order valence-electron chi connectivity index (χ0n) is 10.5. The van der Waals surface area contributed by atoms with E-state index in [2.05, 4.69) is 15.3 Å². The summed E-state index contributed by atoms with van der Waals surface area (Å²) in [4.78, 5) is 20.0. The van der Waals surface area contributed by atoms with E-state index in [1.54, 1.807) is 0 Å². The minimum Gasteiger partial charge on any atom is -0.342 e. The van der Waals surface area contributed by atoms with Crippen LogP contribution in [0.25, 0.3) is 0 Å². The monoisotopic (exact) mass is 310 g/mol. The summed E-state index contributed by atoms with van der Waals surface area (Å²) < 4.78 is 13.2. The van der Waals surface area contributed by atoms with Crippen LogP contribution in [0.3, 0.4) is 0 Å². The fraction of sp³-hybridized carbons (Fsp3) is 0.636. The van der Waals surface area contributed by atoms with Crippen LogP contribution < -0.4 is 15.8 Å². The van der Waals surface area contributed by atoms with Gasteiger partial charge in [0.2, 0.25) is 11.8 Å². The van der Waals surface area contributed by atoms with E-state index in [1.165, 1.54) is 6.92 Å². The van der Waals surface area contributed by atoms with Crippen LogP contribution in [0.4, 0.5) is 10.3 Å². The Bertz CT molecular complexity index is 498. The van der Waals surface area contributed by atoms with Gasteiger partial charge < -0.3 is 10.2 Å². The highest BCUT2D eigenvalue weighted by Crippen LogP contribution is 2.28. The van der Waals surface area contributed by atoms with Crippen molar-refractivity contribution < 1.29 is 4.39 Å². The number of nitrogens with zero attached hydrogens (tertiary/aromatic N) is 2. The molecule has 0 aromatic carbocycles. The van der Waals surface area contributed by atoms with Crippen LogP contribution in [0.1, 0.15) is 5.69 Å². The second-order valence-electron chi connectivity index (χ2n) is 4.87. The molecule has 0 saturated carbocycles. The Hall–Kier alpha value is -0.850. The smallest absolute Gasteiger partial charge is 0.288 e. The fourth-order valence-electron chi connectivity index (χ4n) is 2.73. The Morgan fingerprint density at radius 2 is 1.84 bits per heavy atom. The molecule has 2 unspecified atom stereocenters. The summed E-state index contributed by atoms with van der Waals surface area (Å²) in [6.07, 6.45) is 0. The predicted molar refractivity (Wildman–Crippen MR) is 76.1 cm³/mol. The van der Waals surface area contributed by atoms with Crippen molar-refractivity contribution >= 4 is 30.8 Å². The van der Waals surface area contributed by atoms with Gasteiger partial charge in [0.15, 0.2) is 0 Å². The summed E-state index contributed by atoms with van der Waals surface area (Å²) in [5.41, 5.74) is -0.512. The summed E-state index contributed by atoms with van der Waals surface area (Å²) >= 11 is 0. The molecule has 2 fully saturated rings. The van der Waals surface area contributed by atoms with E-state index in [1.807, 2.05) is 4.90 Å². The first-order valence-corrected chi connectivity index (χ1v) is 5.87. The summed E-state index contributed by atoms with van der Waals surface area (Å²) in [5.74, 6) is 0.953. The van der Waals surface area contributed by atoms with Gasteiger partial charge in [0.1, 0.15) is 0 Å². The number of hydrogen-bond donors (Lipinski definition) is 2. The van der Waals surface area contributed by atoms with Crippen molar-refractivity contribution in [3.8, 4) is 0 Å². The maximum absolute atomic E-state index is 13.2. The number of anilines is 1. The van der Waals surface area contributed by atoms with E-state index in [0.717, 1.165) is 26.2 Å². The van der Waals surface area contributed by atoms with Crippen LogP contribution in [-0.2, 0) is 0 Å². The van der Waals surface area contributed by atoms with Crippen molar-refractivity contribution in [3.63, 3.8) is 0 Å². The molecule has 0 spiro atoms. The van der Waals surface area contributed by atoms with Gasteiger partial charge in [-0.3, -0.25) is 9.78 Å². The average molecular weight is 311 g/mol. The molecule has 0 bridgehead atoms. The molecule has 0 radical (unpaired) electrons. The number of hydrogen-bond acceptors (Lipinski definition) is 4. The van der Waals surface area contributed by atoms with E-state index in [9.17, 15) is 9.18 Å². The first-order chi connectivity index (χ1) is 8.15. The van der Waals surface area contributed by atoms with Crippen molar-refractivity contribution in [1.82, 2.24) is 15.3 Å². The lowest BCUT2D eigenvalue weighted by atomic mass is 10.0. The van der Waals surface area contributed by atoms with Crippen LogP contribution in [-0.4, -0.2) is 36.1 Å². The van der Waals surface area contributed by atoms with Crippen LogP contribution in [0.2, 0.25) is 0 Å². The van der Waals surface area contributed by atoms with Gasteiger partial charge in [-0.25, -0.2) is 4.98 Å². The molecule has 8 heteroatoms. The van der Waals surface area contributed by atoms with E-state index < -0.39 is 11.4 Å². The van der Waals surface area contributed by atoms with Gasteiger partial charge in [0.05, 0.1) is 5.69 Å². The molecule has 19 heavy (non-hydrogen) atoms. The number of aromatic nitrogens is 2. The molecule has 0 amide bonds. The SMILES string of the molecule is Cc1nc(N2CC3CNCC3C2)[nH]c(=O)c1F.Cl.Cl. The molecule has 108 valence electrons. The maximum Gasteiger partial charge on any atom is 0.288 e. The highest BCUT2D eigenvalue weighted by atomic mass is 35.5. The normalized spacial score (nSPS) is 24.6. The van der Waals surface area contributed by atoms with Crippen molar-refractivity contribution in [2.24, 2.45) is 11.8 Å².